The molecule has 2 aromatic heterocycles. The van der Waals surface area contributed by atoms with Crippen molar-refractivity contribution >= 4 is 11.6 Å². The normalized spacial score (nSPS) is 15.3. The van der Waals surface area contributed by atoms with E-state index in [0.717, 1.165) is 51.0 Å². The van der Waals surface area contributed by atoms with Gasteiger partial charge in [0.15, 0.2) is 0 Å². The second-order valence-corrected chi connectivity index (χ2v) is 5.38. The van der Waals surface area contributed by atoms with Crippen molar-refractivity contribution in [3.8, 4) is 0 Å². The minimum Gasteiger partial charge on any atom is -0.379 e. The summed E-state index contributed by atoms with van der Waals surface area (Å²) in [5, 5.41) is 6.64. The van der Waals surface area contributed by atoms with Crippen LogP contribution in [-0.4, -0.2) is 59.2 Å². The lowest BCUT2D eigenvalue weighted by Gasteiger charge is -2.26. The highest BCUT2D eigenvalue weighted by molar-refractivity contribution is 5.46. The Morgan fingerprint density at radius 1 is 1.04 bits per heavy atom. The molecule has 1 aliphatic rings. The lowest BCUT2D eigenvalue weighted by molar-refractivity contribution is 0.0398. The van der Waals surface area contributed by atoms with E-state index >= 15 is 0 Å². The molecule has 23 heavy (non-hydrogen) atoms. The van der Waals surface area contributed by atoms with Crippen molar-refractivity contribution in [1.82, 2.24) is 19.9 Å². The number of pyridine rings is 1. The molecule has 0 saturated carbocycles. The van der Waals surface area contributed by atoms with Gasteiger partial charge in [-0.05, 0) is 17.7 Å². The zero-order chi connectivity index (χ0) is 15.7. The van der Waals surface area contributed by atoms with Crippen LogP contribution in [0.2, 0.25) is 0 Å². The molecule has 1 fully saturated rings. The molecule has 3 heterocycles. The maximum Gasteiger partial charge on any atom is 0.131 e. The van der Waals surface area contributed by atoms with Gasteiger partial charge in [-0.3, -0.25) is 9.88 Å². The summed E-state index contributed by atoms with van der Waals surface area (Å²) in [5.41, 5.74) is 1.17. The van der Waals surface area contributed by atoms with Crippen LogP contribution in [0.4, 0.5) is 11.6 Å². The van der Waals surface area contributed by atoms with E-state index in [0.29, 0.717) is 6.54 Å². The van der Waals surface area contributed by atoms with Crippen LogP contribution < -0.4 is 10.6 Å². The third kappa shape index (κ3) is 5.15. The molecule has 0 radical (unpaired) electrons. The molecule has 0 bridgehead atoms. The van der Waals surface area contributed by atoms with Crippen molar-refractivity contribution in [2.24, 2.45) is 0 Å². The number of hydrogen-bond donors (Lipinski definition) is 2. The Balaban J connectivity index is 1.45. The predicted octanol–water partition coefficient (Wildman–Crippen LogP) is 1.23. The summed E-state index contributed by atoms with van der Waals surface area (Å²) >= 11 is 0. The molecule has 1 saturated heterocycles. The Morgan fingerprint density at radius 2 is 1.78 bits per heavy atom. The van der Waals surface area contributed by atoms with Crippen molar-refractivity contribution in [2.75, 3.05) is 50.0 Å². The van der Waals surface area contributed by atoms with E-state index < -0.39 is 0 Å². The van der Waals surface area contributed by atoms with E-state index in [-0.39, 0.29) is 0 Å². The fourth-order valence-electron chi connectivity index (χ4n) is 2.41. The molecule has 1 aliphatic heterocycles. The zero-order valence-corrected chi connectivity index (χ0v) is 13.1. The van der Waals surface area contributed by atoms with Crippen LogP contribution in [-0.2, 0) is 11.3 Å². The van der Waals surface area contributed by atoms with E-state index in [1.54, 1.807) is 18.7 Å². The van der Waals surface area contributed by atoms with Crippen LogP contribution in [0.1, 0.15) is 5.56 Å². The highest BCUT2D eigenvalue weighted by Gasteiger charge is 2.09. The summed E-state index contributed by atoms with van der Waals surface area (Å²) in [6, 6.07) is 5.89. The minimum atomic E-state index is 0.715. The zero-order valence-electron chi connectivity index (χ0n) is 13.1. The SMILES string of the molecule is c1cc(CNc2cc(NCCN3CCOCC3)ncn2)ccn1. The Kier molecular flexibility index (Phi) is 5.71. The summed E-state index contributed by atoms with van der Waals surface area (Å²) in [7, 11) is 0. The monoisotopic (exact) mass is 314 g/mol. The summed E-state index contributed by atoms with van der Waals surface area (Å²) < 4.78 is 5.35. The van der Waals surface area contributed by atoms with E-state index in [9.17, 15) is 0 Å². The Morgan fingerprint density at radius 3 is 2.57 bits per heavy atom. The van der Waals surface area contributed by atoms with Gasteiger partial charge in [0, 0.05) is 51.2 Å². The van der Waals surface area contributed by atoms with E-state index in [2.05, 4.69) is 30.5 Å². The van der Waals surface area contributed by atoms with Crippen LogP contribution in [0.3, 0.4) is 0 Å². The number of anilines is 2. The van der Waals surface area contributed by atoms with E-state index in [4.69, 9.17) is 4.74 Å². The van der Waals surface area contributed by atoms with Gasteiger partial charge in [-0.15, -0.1) is 0 Å². The van der Waals surface area contributed by atoms with Gasteiger partial charge in [-0.2, -0.15) is 0 Å². The Labute approximate surface area is 136 Å². The quantitative estimate of drug-likeness (QED) is 0.796. The van der Waals surface area contributed by atoms with E-state index in [1.807, 2.05) is 18.2 Å². The van der Waals surface area contributed by atoms with Gasteiger partial charge < -0.3 is 15.4 Å². The average Bonchev–Trinajstić information content (AvgIpc) is 2.62. The lowest BCUT2D eigenvalue weighted by atomic mass is 10.3. The highest BCUT2D eigenvalue weighted by Crippen LogP contribution is 2.10. The third-order valence-corrected chi connectivity index (χ3v) is 3.73. The molecule has 2 aromatic rings. The van der Waals surface area contributed by atoms with Crippen molar-refractivity contribution in [3.05, 3.63) is 42.5 Å². The molecule has 122 valence electrons. The van der Waals surface area contributed by atoms with Gasteiger partial charge >= 0.3 is 0 Å². The summed E-state index contributed by atoms with van der Waals surface area (Å²) in [5.74, 6) is 1.65. The molecular formula is C16H22N6O. The van der Waals surface area contributed by atoms with Gasteiger partial charge in [0.1, 0.15) is 18.0 Å². The molecule has 0 atom stereocenters. The maximum atomic E-state index is 5.35. The molecule has 0 unspecified atom stereocenters. The van der Waals surface area contributed by atoms with Crippen molar-refractivity contribution in [2.45, 2.75) is 6.54 Å². The standard InChI is InChI=1S/C16H22N6O/c1-3-17-4-2-14(1)12-19-16-11-15(20-13-21-16)18-5-6-22-7-9-23-10-8-22/h1-4,11,13H,5-10,12H2,(H2,18,19,20,21). The number of morpholine rings is 1. The first-order valence-electron chi connectivity index (χ1n) is 7.89. The van der Waals surface area contributed by atoms with Crippen LogP contribution in [0.25, 0.3) is 0 Å². The molecule has 0 spiro atoms. The molecule has 7 heteroatoms. The molecular weight excluding hydrogens is 292 g/mol. The minimum absolute atomic E-state index is 0.715. The van der Waals surface area contributed by atoms with Gasteiger partial charge in [0.25, 0.3) is 0 Å². The van der Waals surface area contributed by atoms with Crippen molar-refractivity contribution in [1.29, 1.82) is 0 Å². The Bertz CT molecular complexity index is 588. The van der Waals surface area contributed by atoms with Gasteiger partial charge in [0.2, 0.25) is 0 Å². The molecule has 7 nitrogen and oxygen atoms in total. The number of aromatic nitrogens is 3. The molecule has 0 amide bonds. The number of hydrogen-bond acceptors (Lipinski definition) is 7. The fraction of sp³-hybridized carbons (Fsp3) is 0.438. The topological polar surface area (TPSA) is 75.2 Å². The van der Waals surface area contributed by atoms with Crippen LogP contribution >= 0.6 is 0 Å². The number of rotatable bonds is 7. The molecule has 0 aromatic carbocycles. The van der Waals surface area contributed by atoms with Crippen LogP contribution in [0.15, 0.2) is 36.9 Å². The van der Waals surface area contributed by atoms with Gasteiger partial charge in [0.05, 0.1) is 13.2 Å². The lowest BCUT2D eigenvalue weighted by Crippen LogP contribution is -2.39. The largest absolute Gasteiger partial charge is 0.379 e. The van der Waals surface area contributed by atoms with E-state index in [1.165, 1.54) is 5.56 Å². The van der Waals surface area contributed by atoms with Crippen molar-refractivity contribution < 1.29 is 4.74 Å². The van der Waals surface area contributed by atoms with Crippen LogP contribution in [0.5, 0.6) is 0 Å². The highest BCUT2D eigenvalue weighted by atomic mass is 16.5. The van der Waals surface area contributed by atoms with Crippen LogP contribution in [0, 0.1) is 0 Å². The average molecular weight is 314 g/mol. The predicted molar refractivity (Wildman–Crippen MR) is 89.3 cm³/mol. The summed E-state index contributed by atoms with van der Waals surface area (Å²) in [4.78, 5) is 14.9. The first kappa shape index (κ1) is 15.6. The molecule has 3 rings (SSSR count). The molecule has 0 aliphatic carbocycles. The van der Waals surface area contributed by atoms with Gasteiger partial charge in [-0.25, -0.2) is 9.97 Å². The molecule has 2 N–H and O–H groups in total. The fourth-order valence-corrected chi connectivity index (χ4v) is 2.41. The second-order valence-electron chi connectivity index (χ2n) is 5.38. The third-order valence-electron chi connectivity index (χ3n) is 3.73. The Hall–Kier alpha value is -2.25. The summed E-state index contributed by atoms with van der Waals surface area (Å²) in [6.45, 7) is 6.24. The maximum absolute atomic E-state index is 5.35. The number of ether oxygens (including phenoxy) is 1. The second kappa shape index (κ2) is 8.40. The first-order chi connectivity index (χ1) is 11.4. The smallest absolute Gasteiger partial charge is 0.131 e. The van der Waals surface area contributed by atoms with Crippen molar-refractivity contribution in [3.63, 3.8) is 0 Å². The summed E-state index contributed by atoms with van der Waals surface area (Å²) in [6.07, 6.45) is 5.15. The van der Waals surface area contributed by atoms with Gasteiger partial charge in [-0.1, -0.05) is 0 Å². The number of nitrogens with one attached hydrogen (secondary N) is 2. The number of nitrogens with zero attached hydrogens (tertiary/aromatic N) is 4. The first-order valence-corrected chi connectivity index (χ1v) is 7.89.